The first-order valence-electron chi connectivity index (χ1n) is 10.6. The van der Waals surface area contributed by atoms with Crippen molar-refractivity contribution in [2.45, 2.75) is 24.8 Å². The van der Waals surface area contributed by atoms with Crippen LogP contribution >= 0.6 is 11.8 Å². The number of nitrogens with one attached hydrogen (secondary N) is 1. The zero-order chi connectivity index (χ0) is 23.6. The molecule has 4 nitrogen and oxygen atoms in total. The summed E-state index contributed by atoms with van der Waals surface area (Å²) in [5.41, 5.74) is 2.13. The lowest BCUT2D eigenvalue weighted by Gasteiger charge is -2.31. The van der Waals surface area contributed by atoms with E-state index in [0.717, 1.165) is 11.1 Å². The van der Waals surface area contributed by atoms with Crippen molar-refractivity contribution in [2.75, 3.05) is 12.8 Å². The molecular formula is C26H26F2N2O2S. The fourth-order valence-electron chi connectivity index (χ4n) is 3.45. The molecule has 7 heteroatoms. The van der Waals surface area contributed by atoms with E-state index >= 15 is 0 Å². The van der Waals surface area contributed by atoms with Gasteiger partial charge in [0, 0.05) is 31.3 Å². The Labute approximate surface area is 197 Å². The van der Waals surface area contributed by atoms with Crippen molar-refractivity contribution in [1.29, 1.82) is 0 Å². The monoisotopic (exact) mass is 468 g/mol. The number of rotatable bonds is 10. The van der Waals surface area contributed by atoms with Crippen LogP contribution in [0.1, 0.15) is 16.7 Å². The first-order valence-corrected chi connectivity index (χ1v) is 11.7. The van der Waals surface area contributed by atoms with Crippen molar-refractivity contribution < 1.29 is 18.4 Å². The minimum atomic E-state index is -0.795. The Balaban J connectivity index is 1.81. The molecule has 0 saturated heterocycles. The van der Waals surface area contributed by atoms with Crippen molar-refractivity contribution in [3.63, 3.8) is 0 Å². The third kappa shape index (κ3) is 7.15. The second-order valence-electron chi connectivity index (χ2n) is 7.55. The van der Waals surface area contributed by atoms with Crippen LogP contribution in [0.2, 0.25) is 0 Å². The number of nitrogens with zero attached hydrogens (tertiary/aromatic N) is 1. The Hall–Kier alpha value is -3.19. The van der Waals surface area contributed by atoms with E-state index in [2.05, 4.69) is 5.32 Å². The highest BCUT2D eigenvalue weighted by molar-refractivity contribution is 7.99. The zero-order valence-corrected chi connectivity index (χ0v) is 19.2. The van der Waals surface area contributed by atoms with E-state index in [1.165, 1.54) is 41.9 Å². The maximum atomic E-state index is 14.4. The Morgan fingerprint density at radius 1 is 0.909 bits per heavy atom. The van der Waals surface area contributed by atoms with Gasteiger partial charge in [-0.2, -0.15) is 0 Å². The van der Waals surface area contributed by atoms with Crippen LogP contribution in [0.4, 0.5) is 8.78 Å². The largest absolute Gasteiger partial charge is 0.357 e. The lowest BCUT2D eigenvalue weighted by atomic mass is 10.0. The molecule has 3 aromatic carbocycles. The van der Waals surface area contributed by atoms with Crippen LogP contribution in [0.5, 0.6) is 0 Å². The number of halogens is 2. The molecule has 33 heavy (non-hydrogen) atoms. The average Bonchev–Trinajstić information content (AvgIpc) is 2.83. The smallest absolute Gasteiger partial charge is 0.242 e. The molecule has 0 aromatic heterocycles. The van der Waals surface area contributed by atoms with Crippen molar-refractivity contribution in [2.24, 2.45) is 0 Å². The predicted molar refractivity (Wildman–Crippen MR) is 128 cm³/mol. The molecule has 0 saturated carbocycles. The van der Waals surface area contributed by atoms with Crippen LogP contribution in [0.25, 0.3) is 0 Å². The topological polar surface area (TPSA) is 49.4 Å². The highest BCUT2D eigenvalue weighted by Crippen LogP contribution is 2.19. The van der Waals surface area contributed by atoms with E-state index in [0.29, 0.717) is 17.7 Å². The van der Waals surface area contributed by atoms with Crippen LogP contribution in [0, 0.1) is 11.6 Å². The normalized spacial score (nSPS) is 11.6. The lowest BCUT2D eigenvalue weighted by molar-refractivity contribution is -0.139. The highest BCUT2D eigenvalue weighted by atomic mass is 32.2. The van der Waals surface area contributed by atoms with Crippen LogP contribution in [0.15, 0.2) is 78.9 Å². The molecule has 2 amide bonds. The number of amides is 2. The minimum Gasteiger partial charge on any atom is -0.357 e. The Morgan fingerprint density at radius 2 is 1.58 bits per heavy atom. The van der Waals surface area contributed by atoms with Crippen molar-refractivity contribution >= 4 is 23.6 Å². The van der Waals surface area contributed by atoms with E-state index in [-0.39, 0.29) is 29.9 Å². The second-order valence-corrected chi connectivity index (χ2v) is 8.54. The second kappa shape index (κ2) is 12.2. The standard InChI is InChI=1S/C26H26F2N2O2S/c1-29-26(32)24(15-19-7-3-2-4-8-19)30(16-21-9-5-6-10-23(21)28)25(31)18-33-17-20-11-13-22(27)14-12-20/h2-14,24H,15-18H2,1H3,(H,29,32)/t24-/m1/s1. The molecule has 0 fully saturated rings. The summed E-state index contributed by atoms with van der Waals surface area (Å²) in [4.78, 5) is 27.6. The number of likely N-dealkylation sites (N-methyl/N-ethyl adjacent to an activating group) is 1. The van der Waals surface area contributed by atoms with Gasteiger partial charge in [0.25, 0.3) is 0 Å². The summed E-state index contributed by atoms with van der Waals surface area (Å²) in [5.74, 6) is -0.700. The van der Waals surface area contributed by atoms with Crippen LogP contribution in [-0.2, 0) is 28.3 Å². The van der Waals surface area contributed by atoms with Gasteiger partial charge in [0.05, 0.1) is 5.75 Å². The van der Waals surface area contributed by atoms with Gasteiger partial charge in [-0.1, -0.05) is 60.7 Å². The van der Waals surface area contributed by atoms with E-state index in [1.807, 2.05) is 30.3 Å². The van der Waals surface area contributed by atoms with Gasteiger partial charge in [-0.3, -0.25) is 9.59 Å². The summed E-state index contributed by atoms with van der Waals surface area (Å²) in [6.07, 6.45) is 0.309. The van der Waals surface area contributed by atoms with Crippen molar-refractivity contribution in [3.8, 4) is 0 Å². The van der Waals surface area contributed by atoms with Gasteiger partial charge in [0.2, 0.25) is 11.8 Å². The van der Waals surface area contributed by atoms with Crippen LogP contribution in [-0.4, -0.2) is 35.6 Å². The molecular weight excluding hydrogens is 442 g/mol. The molecule has 0 aliphatic rings. The molecule has 0 bridgehead atoms. The molecule has 0 radical (unpaired) electrons. The zero-order valence-electron chi connectivity index (χ0n) is 18.3. The SMILES string of the molecule is CNC(=O)[C@@H](Cc1ccccc1)N(Cc1ccccc1F)C(=O)CSCc1ccc(F)cc1. The maximum Gasteiger partial charge on any atom is 0.242 e. The maximum absolute atomic E-state index is 14.4. The van der Waals surface area contributed by atoms with Gasteiger partial charge in [-0.15, -0.1) is 11.8 Å². The van der Waals surface area contributed by atoms with Crippen molar-refractivity contribution in [1.82, 2.24) is 10.2 Å². The average molecular weight is 469 g/mol. The lowest BCUT2D eigenvalue weighted by Crippen LogP contribution is -2.50. The molecule has 0 spiro atoms. The summed E-state index contributed by atoms with van der Waals surface area (Å²) >= 11 is 1.37. The summed E-state index contributed by atoms with van der Waals surface area (Å²) < 4.78 is 27.5. The van der Waals surface area contributed by atoms with Crippen molar-refractivity contribution in [3.05, 3.63) is 107 Å². The van der Waals surface area contributed by atoms with Crippen LogP contribution in [0.3, 0.4) is 0 Å². The molecule has 3 aromatic rings. The van der Waals surface area contributed by atoms with E-state index in [4.69, 9.17) is 0 Å². The van der Waals surface area contributed by atoms with Gasteiger partial charge in [-0.25, -0.2) is 8.78 Å². The molecule has 0 unspecified atom stereocenters. The fourth-order valence-corrected chi connectivity index (χ4v) is 4.32. The van der Waals surface area contributed by atoms with E-state index in [9.17, 15) is 18.4 Å². The van der Waals surface area contributed by atoms with E-state index in [1.54, 1.807) is 30.3 Å². The summed E-state index contributed by atoms with van der Waals surface area (Å²) in [7, 11) is 1.52. The highest BCUT2D eigenvalue weighted by Gasteiger charge is 2.30. The molecule has 0 aliphatic carbocycles. The molecule has 0 aliphatic heterocycles. The Kier molecular flexibility index (Phi) is 9.01. The molecule has 172 valence electrons. The minimum absolute atomic E-state index is 0.0203. The summed E-state index contributed by atoms with van der Waals surface area (Å²) in [6, 6.07) is 21.0. The quantitative estimate of drug-likeness (QED) is 0.474. The number of benzene rings is 3. The number of hydrogen-bond acceptors (Lipinski definition) is 3. The van der Waals surface area contributed by atoms with Gasteiger partial charge in [-0.05, 0) is 29.3 Å². The Bertz CT molecular complexity index is 1060. The van der Waals surface area contributed by atoms with Gasteiger partial charge < -0.3 is 10.2 Å². The molecule has 1 N–H and O–H groups in total. The molecule has 1 atom stereocenters. The van der Waals surface area contributed by atoms with Gasteiger partial charge >= 0.3 is 0 Å². The van der Waals surface area contributed by atoms with Gasteiger partial charge in [0.15, 0.2) is 0 Å². The van der Waals surface area contributed by atoms with E-state index < -0.39 is 11.9 Å². The molecule has 0 heterocycles. The van der Waals surface area contributed by atoms with Gasteiger partial charge in [0.1, 0.15) is 17.7 Å². The number of hydrogen-bond donors (Lipinski definition) is 1. The summed E-state index contributed by atoms with van der Waals surface area (Å²) in [5, 5.41) is 2.64. The van der Waals surface area contributed by atoms with Crippen LogP contribution < -0.4 is 5.32 Å². The molecule has 3 rings (SSSR count). The number of carbonyl (C=O) groups excluding carboxylic acids is 2. The Morgan fingerprint density at radius 3 is 2.24 bits per heavy atom. The fraction of sp³-hybridized carbons (Fsp3) is 0.231. The third-order valence-electron chi connectivity index (χ3n) is 5.22. The summed E-state index contributed by atoms with van der Waals surface area (Å²) in [6.45, 7) is -0.0203. The first kappa shape index (κ1) is 24.5. The number of thioether (sulfide) groups is 1. The predicted octanol–water partition coefficient (Wildman–Crippen LogP) is 4.58. The third-order valence-corrected chi connectivity index (χ3v) is 6.21. The first-order chi connectivity index (χ1) is 16.0. The number of carbonyl (C=O) groups is 2.